The van der Waals surface area contributed by atoms with Gasteiger partial charge in [-0.25, -0.2) is 4.79 Å². The molecular formula is C28H22ClF3N2O5. The van der Waals surface area contributed by atoms with Gasteiger partial charge in [-0.3, -0.25) is 10.1 Å². The van der Waals surface area contributed by atoms with Gasteiger partial charge in [-0.05, 0) is 61.4 Å². The summed E-state index contributed by atoms with van der Waals surface area (Å²) in [7, 11) is 0. The first-order valence-corrected chi connectivity index (χ1v) is 12.2. The van der Waals surface area contributed by atoms with Gasteiger partial charge in [0.25, 0.3) is 5.91 Å². The molecule has 1 saturated heterocycles. The highest BCUT2D eigenvalue weighted by Crippen LogP contribution is 2.39. The minimum Gasteiger partial charge on any atom is -0.455 e. The monoisotopic (exact) mass is 558 g/mol. The minimum absolute atomic E-state index is 0.188. The number of hydrogen-bond donors (Lipinski definition) is 1. The second-order valence-corrected chi connectivity index (χ2v) is 9.79. The van der Waals surface area contributed by atoms with Gasteiger partial charge in [0.2, 0.25) is 0 Å². The molecule has 4 aromatic rings. The highest BCUT2D eigenvalue weighted by molar-refractivity contribution is 6.30. The molecule has 7 nitrogen and oxygen atoms in total. The van der Waals surface area contributed by atoms with Crippen molar-refractivity contribution in [2.45, 2.75) is 38.8 Å². The number of amides is 2. The summed E-state index contributed by atoms with van der Waals surface area (Å²) < 4.78 is 56.1. The number of fused-ring (bicyclic) bond motifs is 1. The molecule has 39 heavy (non-hydrogen) atoms. The lowest BCUT2D eigenvalue weighted by atomic mass is 9.95. The summed E-state index contributed by atoms with van der Waals surface area (Å²) in [6.07, 6.45) is -5.42. The Balaban J connectivity index is 1.47. The molecule has 1 aromatic heterocycles. The molecule has 2 heterocycles. The Kier molecular flexibility index (Phi) is 6.67. The molecule has 2 amide bonds. The Morgan fingerprint density at radius 1 is 0.974 bits per heavy atom. The van der Waals surface area contributed by atoms with Crippen LogP contribution in [-0.4, -0.2) is 28.5 Å². The number of alkyl halides is 3. The number of carbonyl (C=O) groups excluding carboxylic acids is 2. The molecule has 0 radical (unpaired) electrons. The summed E-state index contributed by atoms with van der Waals surface area (Å²) in [6.45, 7) is 3.67. The Morgan fingerprint density at radius 3 is 2.23 bits per heavy atom. The van der Waals surface area contributed by atoms with Crippen molar-refractivity contribution < 1.29 is 37.0 Å². The van der Waals surface area contributed by atoms with Crippen molar-refractivity contribution in [3.63, 3.8) is 0 Å². The normalized spacial score (nSPS) is 17.3. The quantitative estimate of drug-likeness (QED) is 0.267. The van der Waals surface area contributed by atoms with Crippen LogP contribution in [0.5, 0.6) is 17.2 Å². The zero-order chi connectivity index (χ0) is 27.9. The van der Waals surface area contributed by atoms with Crippen LogP contribution < -0.4 is 14.8 Å². The van der Waals surface area contributed by atoms with Crippen molar-refractivity contribution in [3.05, 3.63) is 88.6 Å². The van der Waals surface area contributed by atoms with Gasteiger partial charge in [-0.15, -0.1) is 13.2 Å². The highest BCUT2D eigenvalue weighted by atomic mass is 35.5. The van der Waals surface area contributed by atoms with Crippen LogP contribution in [0.15, 0.2) is 66.7 Å². The standard InChI is InChI=1S/C28H22ClF3N2O5/c1-16-24(37-20-9-7-19(29)8-10-20)22-12-11-21(38-28(30,31)32)13-23(22)34(16)15-18-5-3-17(4-6-18)14-27(2)25(35)33-26(36)39-27/h3-13H,14-15H2,1-2H3,(H,33,35,36)/t27-/m1/s1. The molecule has 0 unspecified atom stereocenters. The Labute approximate surface area is 226 Å². The lowest BCUT2D eigenvalue weighted by Gasteiger charge is -2.19. The summed E-state index contributed by atoms with van der Waals surface area (Å²) in [4.78, 5) is 23.5. The van der Waals surface area contributed by atoms with Crippen LogP contribution in [0.2, 0.25) is 5.02 Å². The van der Waals surface area contributed by atoms with Gasteiger partial charge in [0.1, 0.15) is 11.5 Å². The molecule has 0 spiro atoms. The molecule has 1 atom stereocenters. The number of carbonyl (C=O) groups is 2. The maximum Gasteiger partial charge on any atom is 0.573 e. The molecule has 1 fully saturated rings. The largest absolute Gasteiger partial charge is 0.573 e. The zero-order valence-corrected chi connectivity index (χ0v) is 21.5. The SMILES string of the molecule is Cc1c(Oc2ccc(Cl)cc2)c2ccc(OC(F)(F)F)cc2n1Cc1ccc(C[C@@]2(C)OC(=O)NC2=O)cc1. The summed E-state index contributed by atoms with van der Waals surface area (Å²) in [5.41, 5.74) is 1.50. The number of nitrogens with one attached hydrogen (secondary N) is 1. The number of rotatable bonds is 7. The van der Waals surface area contributed by atoms with Crippen LogP contribution in [-0.2, 0) is 22.5 Å². The molecule has 11 heteroatoms. The molecule has 1 aliphatic heterocycles. The Hall–Kier alpha value is -4.18. The molecule has 0 bridgehead atoms. The molecule has 0 aliphatic carbocycles. The number of nitrogens with zero attached hydrogens (tertiary/aromatic N) is 1. The molecular weight excluding hydrogens is 537 g/mol. The number of benzene rings is 3. The van der Waals surface area contributed by atoms with Crippen molar-refractivity contribution in [1.29, 1.82) is 0 Å². The average Bonchev–Trinajstić information content (AvgIpc) is 3.26. The van der Waals surface area contributed by atoms with Crippen molar-refractivity contribution in [3.8, 4) is 17.2 Å². The number of imide groups is 1. The predicted octanol–water partition coefficient (Wildman–Crippen LogP) is 6.91. The predicted molar refractivity (Wildman–Crippen MR) is 137 cm³/mol. The van der Waals surface area contributed by atoms with E-state index in [4.69, 9.17) is 21.1 Å². The first kappa shape index (κ1) is 26.4. The fraction of sp³-hybridized carbons (Fsp3) is 0.214. The van der Waals surface area contributed by atoms with Crippen molar-refractivity contribution >= 4 is 34.5 Å². The number of alkyl carbamates (subject to hydrolysis) is 1. The van der Waals surface area contributed by atoms with E-state index in [1.165, 1.54) is 18.2 Å². The third-order valence-corrected chi connectivity index (χ3v) is 6.68. The highest BCUT2D eigenvalue weighted by Gasteiger charge is 2.44. The van der Waals surface area contributed by atoms with Crippen molar-refractivity contribution in [2.24, 2.45) is 0 Å². The topological polar surface area (TPSA) is 78.8 Å². The van der Waals surface area contributed by atoms with E-state index in [0.717, 1.165) is 11.1 Å². The first-order valence-electron chi connectivity index (χ1n) is 11.8. The van der Waals surface area contributed by atoms with Crippen molar-refractivity contribution in [2.75, 3.05) is 0 Å². The number of halogens is 4. The molecule has 1 aliphatic rings. The maximum atomic E-state index is 12.9. The number of ether oxygens (including phenoxy) is 3. The molecule has 5 rings (SSSR count). The van der Waals surface area contributed by atoms with Gasteiger partial charge in [0.05, 0.1) is 11.2 Å². The zero-order valence-electron chi connectivity index (χ0n) is 20.8. The molecule has 1 N–H and O–H groups in total. The first-order chi connectivity index (χ1) is 18.4. The van der Waals surface area contributed by atoms with Crippen molar-refractivity contribution in [1.82, 2.24) is 9.88 Å². The third kappa shape index (κ3) is 5.65. The van der Waals surface area contributed by atoms with Crippen LogP contribution in [0.25, 0.3) is 10.9 Å². The minimum atomic E-state index is -4.83. The van der Waals surface area contributed by atoms with Gasteiger partial charge in [-0.2, -0.15) is 0 Å². The van der Waals surface area contributed by atoms with Gasteiger partial charge in [0, 0.05) is 29.4 Å². The van der Waals surface area contributed by atoms with Gasteiger partial charge < -0.3 is 18.8 Å². The lowest BCUT2D eigenvalue weighted by Crippen LogP contribution is -2.38. The maximum absolute atomic E-state index is 12.9. The van der Waals surface area contributed by atoms with Gasteiger partial charge >= 0.3 is 12.5 Å². The summed E-state index contributed by atoms with van der Waals surface area (Å²) in [5, 5.41) is 3.28. The Morgan fingerprint density at radius 2 is 1.62 bits per heavy atom. The Bertz CT molecular complexity index is 1570. The summed E-state index contributed by atoms with van der Waals surface area (Å²) in [6, 6.07) is 18.2. The molecule has 0 saturated carbocycles. The van der Waals surface area contributed by atoms with Crippen LogP contribution in [0.3, 0.4) is 0 Å². The van der Waals surface area contributed by atoms with E-state index >= 15 is 0 Å². The molecule has 3 aromatic carbocycles. The molecule has 202 valence electrons. The van der Waals surface area contributed by atoms with E-state index in [-0.39, 0.29) is 12.2 Å². The van der Waals surface area contributed by atoms with Crippen LogP contribution >= 0.6 is 11.6 Å². The van der Waals surface area contributed by atoms with E-state index in [1.807, 2.05) is 35.8 Å². The number of cyclic esters (lactones) is 1. The third-order valence-electron chi connectivity index (χ3n) is 6.42. The lowest BCUT2D eigenvalue weighted by molar-refractivity contribution is -0.274. The van der Waals surface area contributed by atoms with E-state index < -0.39 is 24.0 Å². The van der Waals surface area contributed by atoms with Gasteiger partial charge in [-0.1, -0.05) is 35.9 Å². The van der Waals surface area contributed by atoms with E-state index in [0.29, 0.717) is 39.7 Å². The number of hydrogen-bond acceptors (Lipinski definition) is 5. The summed E-state index contributed by atoms with van der Waals surface area (Å²) >= 11 is 5.98. The smallest absolute Gasteiger partial charge is 0.455 e. The van der Waals surface area contributed by atoms with E-state index in [1.54, 1.807) is 31.2 Å². The van der Waals surface area contributed by atoms with Gasteiger partial charge in [0.15, 0.2) is 11.4 Å². The van der Waals surface area contributed by atoms with Crippen LogP contribution in [0.4, 0.5) is 18.0 Å². The van der Waals surface area contributed by atoms with E-state index in [2.05, 4.69) is 10.1 Å². The summed E-state index contributed by atoms with van der Waals surface area (Å²) in [5.74, 6) is 0.159. The fourth-order valence-corrected chi connectivity index (χ4v) is 4.65. The van der Waals surface area contributed by atoms with E-state index in [9.17, 15) is 22.8 Å². The number of aromatic nitrogens is 1. The van der Waals surface area contributed by atoms with Crippen LogP contribution in [0, 0.1) is 6.92 Å². The second kappa shape index (κ2) is 9.85. The second-order valence-electron chi connectivity index (χ2n) is 9.35. The van der Waals surface area contributed by atoms with Crippen LogP contribution in [0.1, 0.15) is 23.7 Å². The average molecular weight is 559 g/mol. The fourth-order valence-electron chi connectivity index (χ4n) is 4.53.